The highest BCUT2D eigenvalue weighted by molar-refractivity contribution is 7.10. The third-order valence-electron chi connectivity index (χ3n) is 6.38. The molecule has 2 atom stereocenters. The second kappa shape index (κ2) is 8.27. The first-order valence-electron chi connectivity index (χ1n) is 10.7. The van der Waals surface area contributed by atoms with E-state index >= 15 is 0 Å². The molecule has 0 aliphatic carbocycles. The molecule has 3 aromatic rings. The summed E-state index contributed by atoms with van der Waals surface area (Å²) in [6.07, 6.45) is 2.03. The van der Waals surface area contributed by atoms with E-state index in [1.807, 2.05) is 47.7 Å². The van der Waals surface area contributed by atoms with E-state index in [4.69, 9.17) is 0 Å². The molecule has 2 aliphatic rings. The number of nitrogens with zero attached hydrogens (tertiary/aromatic N) is 3. The number of nitro benzene ring substituents is 1. The van der Waals surface area contributed by atoms with Gasteiger partial charge in [0.25, 0.3) is 5.69 Å². The van der Waals surface area contributed by atoms with E-state index in [0.717, 1.165) is 41.3 Å². The maximum absolute atomic E-state index is 12.6. The molecule has 1 aromatic heterocycles. The fourth-order valence-corrected chi connectivity index (χ4v) is 5.57. The number of nitrogens with one attached hydrogen (secondary N) is 1. The van der Waals surface area contributed by atoms with Crippen molar-refractivity contribution < 1.29 is 9.72 Å². The van der Waals surface area contributed by atoms with Crippen LogP contribution in [-0.4, -0.2) is 30.5 Å². The van der Waals surface area contributed by atoms with Crippen molar-refractivity contribution in [3.05, 3.63) is 80.5 Å². The van der Waals surface area contributed by atoms with Crippen molar-refractivity contribution >= 4 is 40.0 Å². The molecular formula is C24H24N4O3S. The van der Waals surface area contributed by atoms with Gasteiger partial charge in [0.15, 0.2) is 0 Å². The summed E-state index contributed by atoms with van der Waals surface area (Å²) in [6, 6.07) is 17.4. The summed E-state index contributed by atoms with van der Waals surface area (Å²) in [5.41, 5.74) is 4.11. The van der Waals surface area contributed by atoms with E-state index < -0.39 is 0 Å². The highest BCUT2D eigenvalue weighted by Gasteiger charge is 2.36. The molecule has 1 amide bonds. The highest BCUT2D eigenvalue weighted by Crippen LogP contribution is 2.48. The number of fused-ring (bicyclic) bond motifs is 5. The van der Waals surface area contributed by atoms with Crippen LogP contribution in [0.5, 0.6) is 0 Å². The molecule has 0 bridgehead atoms. The lowest BCUT2D eigenvalue weighted by Crippen LogP contribution is -2.46. The number of carbonyl (C=O) groups excluding carboxylic acids is 1. The van der Waals surface area contributed by atoms with Gasteiger partial charge in [0.1, 0.15) is 0 Å². The van der Waals surface area contributed by atoms with Crippen molar-refractivity contribution in [1.29, 1.82) is 0 Å². The Balaban J connectivity index is 1.46. The molecule has 0 saturated carbocycles. The third kappa shape index (κ3) is 3.71. The summed E-state index contributed by atoms with van der Waals surface area (Å²) in [6.45, 7) is 0.765. The first kappa shape index (κ1) is 20.5. The third-order valence-corrected chi connectivity index (χ3v) is 7.26. The lowest BCUT2D eigenvalue weighted by atomic mass is 9.90. The van der Waals surface area contributed by atoms with Gasteiger partial charge < -0.3 is 15.1 Å². The Morgan fingerprint density at radius 1 is 1.16 bits per heavy atom. The second-order valence-corrected chi connectivity index (χ2v) is 9.33. The largest absolute Gasteiger partial charge is 0.363 e. The van der Waals surface area contributed by atoms with Gasteiger partial charge in [-0.1, -0.05) is 24.3 Å². The summed E-state index contributed by atoms with van der Waals surface area (Å²) >= 11 is 1.60. The van der Waals surface area contributed by atoms with Crippen molar-refractivity contribution in [2.24, 2.45) is 0 Å². The number of piperidine rings is 1. The maximum Gasteiger partial charge on any atom is 0.271 e. The minimum Gasteiger partial charge on any atom is -0.363 e. The summed E-state index contributed by atoms with van der Waals surface area (Å²) < 4.78 is 0. The Bertz CT molecular complexity index is 1160. The Morgan fingerprint density at radius 3 is 2.78 bits per heavy atom. The van der Waals surface area contributed by atoms with Crippen molar-refractivity contribution in [2.45, 2.75) is 31.3 Å². The van der Waals surface area contributed by atoms with Gasteiger partial charge in [-0.2, -0.15) is 0 Å². The molecule has 0 spiro atoms. The molecule has 8 heteroatoms. The van der Waals surface area contributed by atoms with Gasteiger partial charge in [0, 0.05) is 42.3 Å². The lowest BCUT2D eigenvalue weighted by Gasteiger charge is -2.41. The van der Waals surface area contributed by atoms with E-state index in [1.165, 1.54) is 5.56 Å². The first-order valence-corrected chi connectivity index (χ1v) is 11.6. The SMILES string of the molecule is CN1c2ccccc2[C@@H]2C[C@@H](NC(=O)Cc3cccs3)CCN2c2ccc([N+](=O)[O-])cc21. The number of nitro groups is 1. The zero-order valence-electron chi connectivity index (χ0n) is 17.7. The smallest absolute Gasteiger partial charge is 0.271 e. The average Bonchev–Trinajstić information content (AvgIpc) is 3.28. The van der Waals surface area contributed by atoms with Crippen molar-refractivity contribution in [2.75, 3.05) is 23.4 Å². The van der Waals surface area contributed by atoms with Crippen LogP contribution in [0.3, 0.4) is 0 Å². The number of thiophene rings is 1. The van der Waals surface area contributed by atoms with Gasteiger partial charge in [-0.15, -0.1) is 11.3 Å². The summed E-state index contributed by atoms with van der Waals surface area (Å²) in [4.78, 5) is 29.1. The standard InChI is InChI=1S/C24H24N4O3S/c1-26-20-7-3-2-6-19(20)22-13-16(25-24(29)15-18-5-4-12-32-18)10-11-27(22)21-9-8-17(28(30)31)14-23(21)26/h2-9,12,14,16,22H,10-11,13,15H2,1H3,(H,25,29)/t16-,22-/m0/s1. The van der Waals surface area contributed by atoms with Gasteiger partial charge in [-0.25, -0.2) is 0 Å². The van der Waals surface area contributed by atoms with Crippen LogP contribution >= 0.6 is 11.3 Å². The molecule has 32 heavy (non-hydrogen) atoms. The Kier molecular flexibility index (Phi) is 5.30. The molecule has 1 N–H and O–H groups in total. The summed E-state index contributed by atoms with van der Waals surface area (Å²) in [5.74, 6) is 0.0564. The Hall–Kier alpha value is -3.39. The van der Waals surface area contributed by atoms with Crippen LogP contribution in [0.15, 0.2) is 60.0 Å². The first-order chi connectivity index (χ1) is 15.5. The van der Waals surface area contributed by atoms with E-state index in [0.29, 0.717) is 6.42 Å². The number of anilines is 3. The molecule has 0 unspecified atom stereocenters. The Labute approximate surface area is 190 Å². The van der Waals surface area contributed by atoms with Crippen molar-refractivity contribution in [3.63, 3.8) is 0 Å². The molecule has 3 heterocycles. The number of non-ortho nitro benzene ring substituents is 1. The van der Waals surface area contributed by atoms with Crippen molar-refractivity contribution in [1.82, 2.24) is 5.32 Å². The minimum absolute atomic E-state index is 0.0564. The number of hydrogen-bond acceptors (Lipinski definition) is 6. The number of carbonyl (C=O) groups is 1. The molecular weight excluding hydrogens is 424 g/mol. The monoisotopic (exact) mass is 448 g/mol. The van der Waals surface area contributed by atoms with Gasteiger partial charge in [0.2, 0.25) is 5.91 Å². The van der Waals surface area contributed by atoms with Crippen LogP contribution in [0.2, 0.25) is 0 Å². The van der Waals surface area contributed by atoms with Crippen LogP contribution < -0.4 is 15.1 Å². The maximum atomic E-state index is 12.6. The number of rotatable bonds is 4. The zero-order valence-corrected chi connectivity index (χ0v) is 18.5. The van der Waals surface area contributed by atoms with Crippen LogP contribution in [0.4, 0.5) is 22.7 Å². The van der Waals surface area contributed by atoms with Gasteiger partial charge in [-0.3, -0.25) is 14.9 Å². The van der Waals surface area contributed by atoms with Crippen LogP contribution in [-0.2, 0) is 11.2 Å². The van der Waals surface area contributed by atoms with Gasteiger partial charge >= 0.3 is 0 Å². The molecule has 164 valence electrons. The molecule has 2 aromatic carbocycles. The fraction of sp³-hybridized carbons (Fsp3) is 0.292. The average molecular weight is 449 g/mol. The quantitative estimate of drug-likeness (QED) is 0.458. The van der Waals surface area contributed by atoms with E-state index in [2.05, 4.69) is 22.3 Å². The molecule has 1 saturated heterocycles. The summed E-state index contributed by atoms with van der Waals surface area (Å²) in [5, 5.41) is 16.6. The van der Waals surface area contributed by atoms with Crippen LogP contribution in [0.25, 0.3) is 0 Å². The minimum atomic E-state index is -0.349. The fourth-order valence-electron chi connectivity index (χ4n) is 4.87. The van der Waals surface area contributed by atoms with Gasteiger partial charge in [-0.05, 0) is 42.0 Å². The highest BCUT2D eigenvalue weighted by atomic mass is 32.1. The summed E-state index contributed by atoms with van der Waals surface area (Å²) in [7, 11) is 1.96. The van der Waals surface area contributed by atoms with Crippen LogP contribution in [0.1, 0.15) is 29.3 Å². The topological polar surface area (TPSA) is 78.7 Å². The number of benzene rings is 2. The van der Waals surface area contributed by atoms with Crippen molar-refractivity contribution in [3.8, 4) is 0 Å². The molecule has 2 aliphatic heterocycles. The number of amides is 1. The molecule has 1 fully saturated rings. The zero-order chi connectivity index (χ0) is 22.2. The number of hydrogen-bond donors (Lipinski definition) is 1. The van der Waals surface area contributed by atoms with E-state index in [-0.39, 0.29) is 28.6 Å². The van der Waals surface area contributed by atoms with E-state index in [1.54, 1.807) is 23.5 Å². The predicted octanol–water partition coefficient (Wildman–Crippen LogP) is 4.81. The lowest BCUT2D eigenvalue weighted by molar-refractivity contribution is -0.384. The molecule has 0 radical (unpaired) electrons. The molecule has 5 rings (SSSR count). The second-order valence-electron chi connectivity index (χ2n) is 8.30. The predicted molar refractivity (Wildman–Crippen MR) is 127 cm³/mol. The number of para-hydroxylation sites is 1. The normalized spacial score (nSPS) is 19.4. The van der Waals surface area contributed by atoms with Crippen LogP contribution in [0, 0.1) is 10.1 Å². The van der Waals surface area contributed by atoms with Gasteiger partial charge in [0.05, 0.1) is 28.8 Å². The molecule has 7 nitrogen and oxygen atoms in total. The Morgan fingerprint density at radius 2 is 2.00 bits per heavy atom. The van der Waals surface area contributed by atoms with E-state index in [9.17, 15) is 14.9 Å².